The van der Waals surface area contributed by atoms with Crippen LogP contribution in [-0.2, 0) is 4.74 Å². The summed E-state index contributed by atoms with van der Waals surface area (Å²) in [5.41, 5.74) is 2.01. The van der Waals surface area contributed by atoms with E-state index in [0.29, 0.717) is 23.6 Å². The highest BCUT2D eigenvalue weighted by atomic mass is 16.5. The normalized spacial score (nSPS) is 24.4. The van der Waals surface area contributed by atoms with E-state index >= 15 is 0 Å². The van der Waals surface area contributed by atoms with E-state index in [1.807, 2.05) is 25.1 Å². The second-order valence-corrected chi connectivity index (χ2v) is 7.06. The topological polar surface area (TPSA) is 38.3 Å². The Hall–Kier alpha value is -1.51. The first kappa shape index (κ1) is 15.9. The van der Waals surface area contributed by atoms with Gasteiger partial charge < -0.3 is 10.1 Å². The second-order valence-electron chi connectivity index (χ2n) is 7.06. The number of esters is 1. The van der Waals surface area contributed by atoms with Gasteiger partial charge in [-0.15, -0.1) is 0 Å². The van der Waals surface area contributed by atoms with Crippen LogP contribution in [0.5, 0.6) is 0 Å². The monoisotopic (exact) mass is 289 g/mol. The zero-order valence-electron chi connectivity index (χ0n) is 13.6. The predicted octanol–water partition coefficient (Wildman–Crippen LogP) is 4.49. The van der Waals surface area contributed by atoms with Crippen LogP contribution >= 0.6 is 0 Å². The lowest BCUT2D eigenvalue weighted by Crippen LogP contribution is -2.35. The van der Waals surface area contributed by atoms with E-state index in [1.54, 1.807) is 6.07 Å². The summed E-state index contributed by atoms with van der Waals surface area (Å²) >= 11 is 0. The summed E-state index contributed by atoms with van der Waals surface area (Å²) in [5, 5.41) is 3.60. The Bertz CT molecular complexity index is 496. The van der Waals surface area contributed by atoms with Crippen LogP contribution in [0, 0.1) is 11.3 Å². The molecule has 2 unspecified atom stereocenters. The number of carbonyl (C=O) groups is 1. The molecule has 0 aliphatic heterocycles. The number of rotatable bonds is 4. The van der Waals surface area contributed by atoms with Crippen molar-refractivity contribution in [1.82, 2.24) is 0 Å². The largest absolute Gasteiger partial charge is 0.462 e. The van der Waals surface area contributed by atoms with E-state index in [2.05, 4.69) is 26.1 Å². The van der Waals surface area contributed by atoms with Crippen molar-refractivity contribution in [2.45, 2.75) is 53.0 Å². The summed E-state index contributed by atoms with van der Waals surface area (Å²) in [6.07, 6.45) is 3.64. The van der Waals surface area contributed by atoms with Gasteiger partial charge in [-0.05, 0) is 55.7 Å². The van der Waals surface area contributed by atoms with Crippen molar-refractivity contribution in [2.24, 2.45) is 11.3 Å². The third kappa shape index (κ3) is 4.48. The van der Waals surface area contributed by atoms with E-state index in [9.17, 15) is 4.79 Å². The summed E-state index contributed by atoms with van der Waals surface area (Å²) in [7, 11) is 0. The zero-order chi connectivity index (χ0) is 15.5. The molecule has 0 bridgehead atoms. The highest BCUT2D eigenvalue weighted by Gasteiger charge is 2.31. The average Bonchev–Trinajstić information content (AvgIpc) is 2.36. The van der Waals surface area contributed by atoms with Crippen molar-refractivity contribution in [2.75, 3.05) is 11.9 Å². The van der Waals surface area contributed by atoms with Gasteiger partial charge in [0.1, 0.15) is 0 Å². The minimum absolute atomic E-state index is 0.251. The molecular formula is C18H27NO2. The molecule has 2 atom stereocenters. The van der Waals surface area contributed by atoms with Gasteiger partial charge in [-0.25, -0.2) is 4.79 Å². The molecule has 1 aromatic rings. The maximum absolute atomic E-state index is 11.8. The first-order valence-electron chi connectivity index (χ1n) is 7.93. The summed E-state index contributed by atoms with van der Waals surface area (Å²) < 4.78 is 5.06. The van der Waals surface area contributed by atoms with E-state index in [4.69, 9.17) is 4.74 Å². The lowest BCUT2D eigenvalue weighted by Gasteiger charge is -2.39. The van der Waals surface area contributed by atoms with Gasteiger partial charge in [0, 0.05) is 11.7 Å². The molecule has 0 saturated heterocycles. The Balaban J connectivity index is 2.06. The standard InChI is InChI=1S/C18H27NO2/c1-5-21-17(20)14-7-6-8-15(10-14)19-16-9-13(2)11-18(3,4)12-16/h6-8,10,13,16,19H,5,9,11-12H2,1-4H3. The zero-order valence-corrected chi connectivity index (χ0v) is 13.6. The molecule has 21 heavy (non-hydrogen) atoms. The van der Waals surface area contributed by atoms with Crippen LogP contribution in [0.2, 0.25) is 0 Å². The maximum atomic E-state index is 11.8. The molecule has 1 aliphatic carbocycles. The minimum atomic E-state index is -0.251. The fraction of sp³-hybridized carbons (Fsp3) is 0.611. The minimum Gasteiger partial charge on any atom is -0.462 e. The third-order valence-electron chi connectivity index (χ3n) is 4.13. The van der Waals surface area contributed by atoms with Crippen molar-refractivity contribution in [1.29, 1.82) is 0 Å². The molecule has 1 aliphatic rings. The maximum Gasteiger partial charge on any atom is 0.338 e. The molecule has 1 N–H and O–H groups in total. The Morgan fingerprint density at radius 1 is 1.38 bits per heavy atom. The third-order valence-corrected chi connectivity index (χ3v) is 4.13. The SMILES string of the molecule is CCOC(=O)c1cccc(NC2CC(C)CC(C)(C)C2)c1. The average molecular weight is 289 g/mol. The fourth-order valence-corrected chi connectivity index (χ4v) is 3.64. The summed E-state index contributed by atoms with van der Waals surface area (Å²) in [5.74, 6) is 0.484. The number of hydrogen-bond acceptors (Lipinski definition) is 3. The van der Waals surface area contributed by atoms with Gasteiger partial charge in [0.15, 0.2) is 0 Å². The number of nitrogens with one attached hydrogen (secondary N) is 1. The molecule has 0 heterocycles. The van der Waals surface area contributed by atoms with Crippen LogP contribution in [0.25, 0.3) is 0 Å². The highest BCUT2D eigenvalue weighted by molar-refractivity contribution is 5.90. The van der Waals surface area contributed by atoms with Crippen molar-refractivity contribution in [3.05, 3.63) is 29.8 Å². The summed E-state index contributed by atoms with van der Waals surface area (Å²) in [6.45, 7) is 9.24. The Morgan fingerprint density at radius 2 is 2.14 bits per heavy atom. The molecule has 3 heteroatoms. The molecule has 3 nitrogen and oxygen atoms in total. The van der Waals surface area contributed by atoms with Gasteiger partial charge in [-0.1, -0.05) is 26.8 Å². The number of carbonyl (C=O) groups excluding carboxylic acids is 1. The molecule has 0 amide bonds. The molecule has 0 aromatic heterocycles. The molecule has 116 valence electrons. The van der Waals surface area contributed by atoms with Crippen LogP contribution in [0.4, 0.5) is 5.69 Å². The van der Waals surface area contributed by atoms with Gasteiger partial charge in [-0.2, -0.15) is 0 Å². The van der Waals surface area contributed by atoms with Gasteiger partial charge in [0.25, 0.3) is 0 Å². The first-order valence-corrected chi connectivity index (χ1v) is 7.93. The van der Waals surface area contributed by atoms with Gasteiger partial charge in [0.2, 0.25) is 0 Å². The van der Waals surface area contributed by atoms with Crippen LogP contribution in [-0.4, -0.2) is 18.6 Å². The lowest BCUT2D eigenvalue weighted by molar-refractivity contribution is 0.0526. The Labute approximate surface area is 128 Å². The quantitative estimate of drug-likeness (QED) is 0.830. The van der Waals surface area contributed by atoms with Crippen LogP contribution in [0.3, 0.4) is 0 Å². The molecule has 0 radical (unpaired) electrons. The van der Waals surface area contributed by atoms with Crippen molar-refractivity contribution >= 4 is 11.7 Å². The fourth-order valence-electron chi connectivity index (χ4n) is 3.64. The van der Waals surface area contributed by atoms with E-state index < -0.39 is 0 Å². The molecule has 1 fully saturated rings. The van der Waals surface area contributed by atoms with Crippen LogP contribution in [0.15, 0.2) is 24.3 Å². The number of ether oxygens (including phenoxy) is 1. The Morgan fingerprint density at radius 3 is 2.81 bits per heavy atom. The van der Waals surface area contributed by atoms with Crippen LogP contribution in [0.1, 0.15) is 57.3 Å². The summed E-state index contributed by atoms with van der Waals surface area (Å²) in [4.78, 5) is 11.8. The highest BCUT2D eigenvalue weighted by Crippen LogP contribution is 2.39. The van der Waals surface area contributed by atoms with E-state index in [0.717, 1.165) is 11.6 Å². The first-order chi connectivity index (χ1) is 9.89. The predicted molar refractivity (Wildman–Crippen MR) is 86.6 cm³/mol. The van der Waals surface area contributed by atoms with E-state index in [-0.39, 0.29) is 5.97 Å². The summed E-state index contributed by atoms with van der Waals surface area (Å²) in [6, 6.07) is 8.10. The Kier molecular flexibility index (Phi) is 4.92. The van der Waals surface area contributed by atoms with Crippen molar-refractivity contribution < 1.29 is 9.53 Å². The van der Waals surface area contributed by atoms with Crippen molar-refractivity contribution in [3.8, 4) is 0 Å². The molecular weight excluding hydrogens is 262 g/mol. The smallest absolute Gasteiger partial charge is 0.338 e. The second kappa shape index (κ2) is 6.50. The molecule has 2 rings (SSSR count). The molecule has 0 spiro atoms. The van der Waals surface area contributed by atoms with Crippen molar-refractivity contribution in [3.63, 3.8) is 0 Å². The van der Waals surface area contributed by atoms with E-state index in [1.165, 1.54) is 19.3 Å². The lowest BCUT2D eigenvalue weighted by atomic mass is 9.70. The molecule has 1 saturated carbocycles. The van der Waals surface area contributed by atoms with Gasteiger partial charge >= 0.3 is 5.97 Å². The number of benzene rings is 1. The number of anilines is 1. The molecule has 1 aromatic carbocycles. The van der Waals surface area contributed by atoms with Crippen LogP contribution < -0.4 is 5.32 Å². The van der Waals surface area contributed by atoms with Gasteiger partial charge in [0.05, 0.1) is 12.2 Å². The number of hydrogen-bond donors (Lipinski definition) is 1. The van der Waals surface area contributed by atoms with Gasteiger partial charge in [-0.3, -0.25) is 0 Å².